The summed E-state index contributed by atoms with van der Waals surface area (Å²) in [7, 11) is 0. The summed E-state index contributed by atoms with van der Waals surface area (Å²) in [6.45, 7) is 0. The van der Waals surface area contributed by atoms with Gasteiger partial charge >= 0.3 is 0 Å². The van der Waals surface area contributed by atoms with Crippen LogP contribution in [0.3, 0.4) is 0 Å². The summed E-state index contributed by atoms with van der Waals surface area (Å²) in [5, 5.41) is 26.8. The van der Waals surface area contributed by atoms with Crippen molar-refractivity contribution in [3.8, 4) is 12.1 Å². The fourth-order valence-corrected chi connectivity index (χ4v) is 3.93. The molecule has 21 heavy (non-hydrogen) atoms. The van der Waals surface area contributed by atoms with Crippen LogP contribution in [-0.4, -0.2) is 11.2 Å². The van der Waals surface area contributed by atoms with Crippen LogP contribution in [0.5, 0.6) is 0 Å². The highest BCUT2D eigenvalue weighted by molar-refractivity contribution is 5.26. The molecule has 4 aliphatic rings. The van der Waals surface area contributed by atoms with Crippen LogP contribution in [0.2, 0.25) is 0 Å². The molecule has 0 aliphatic heterocycles. The van der Waals surface area contributed by atoms with E-state index >= 15 is 0 Å². The fraction of sp³-hybridized carbons (Fsp3) is 0.778. The highest BCUT2D eigenvalue weighted by Gasteiger charge is 2.48. The standard InChI is InChI=1S/C9H13NO.C9H11N/c10-6-7-5-9(3-4-9)2-1-8(7)11;10-7-8-2-1-3-9(6-8)4-5-9/h7-8,11H,1-5H2;2H,1,3-6H2. The van der Waals surface area contributed by atoms with Crippen molar-refractivity contribution in [2.75, 3.05) is 0 Å². The molecule has 3 saturated carbocycles. The van der Waals surface area contributed by atoms with Gasteiger partial charge < -0.3 is 5.11 Å². The molecule has 0 heterocycles. The number of aliphatic hydroxyl groups is 1. The van der Waals surface area contributed by atoms with Crippen molar-refractivity contribution in [1.29, 1.82) is 10.5 Å². The van der Waals surface area contributed by atoms with Crippen molar-refractivity contribution < 1.29 is 5.11 Å². The van der Waals surface area contributed by atoms with E-state index in [1.165, 1.54) is 32.1 Å². The summed E-state index contributed by atoms with van der Waals surface area (Å²) >= 11 is 0. The summed E-state index contributed by atoms with van der Waals surface area (Å²) in [6, 6.07) is 4.46. The molecule has 2 unspecified atom stereocenters. The van der Waals surface area contributed by atoms with Gasteiger partial charge in [0.05, 0.1) is 24.2 Å². The van der Waals surface area contributed by atoms with Crippen LogP contribution in [-0.2, 0) is 0 Å². The van der Waals surface area contributed by atoms with E-state index in [-0.39, 0.29) is 12.0 Å². The Kier molecular flexibility index (Phi) is 3.80. The van der Waals surface area contributed by atoms with Crippen molar-refractivity contribution in [2.24, 2.45) is 16.7 Å². The minimum Gasteiger partial charge on any atom is -0.392 e. The van der Waals surface area contributed by atoms with Crippen LogP contribution < -0.4 is 0 Å². The van der Waals surface area contributed by atoms with Gasteiger partial charge in [0.2, 0.25) is 0 Å². The second-order valence-electron chi connectivity index (χ2n) is 7.60. The van der Waals surface area contributed by atoms with Gasteiger partial charge in [0.15, 0.2) is 0 Å². The van der Waals surface area contributed by atoms with E-state index in [2.05, 4.69) is 18.2 Å². The van der Waals surface area contributed by atoms with E-state index in [1.54, 1.807) is 0 Å². The lowest BCUT2D eigenvalue weighted by Gasteiger charge is -2.29. The number of aliphatic hydroxyl groups excluding tert-OH is 1. The summed E-state index contributed by atoms with van der Waals surface area (Å²) in [4.78, 5) is 0. The van der Waals surface area contributed by atoms with Gasteiger partial charge in [-0.3, -0.25) is 0 Å². The largest absolute Gasteiger partial charge is 0.392 e. The Hall–Kier alpha value is -1.32. The van der Waals surface area contributed by atoms with Crippen LogP contribution in [0.15, 0.2) is 11.6 Å². The highest BCUT2D eigenvalue weighted by atomic mass is 16.3. The van der Waals surface area contributed by atoms with Gasteiger partial charge in [-0.25, -0.2) is 0 Å². The second kappa shape index (κ2) is 5.47. The van der Waals surface area contributed by atoms with Gasteiger partial charge in [-0.1, -0.05) is 6.08 Å². The molecule has 0 radical (unpaired) electrons. The lowest BCUT2D eigenvalue weighted by molar-refractivity contribution is 0.0673. The first-order valence-electron chi connectivity index (χ1n) is 8.27. The lowest BCUT2D eigenvalue weighted by Crippen LogP contribution is -2.28. The van der Waals surface area contributed by atoms with E-state index in [4.69, 9.17) is 10.5 Å². The monoisotopic (exact) mass is 284 g/mol. The van der Waals surface area contributed by atoms with Gasteiger partial charge in [-0.15, -0.1) is 0 Å². The van der Waals surface area contributed by atoms with Crippen molar-refractivity contribution in [3.63, 3.8) is 0 Å². The second-order valence-corrected chi connectivity index (χ2v) is 7.60. The normalized spacial score (nSPS) is 34.0. The van der Waals surface area contributed by atoms with Crippen LogP contribution >= 0.6 is 0 Å². The number of nitriles is 2. The Bertz CT molecular complexity index is 514. The Morgan fingerprint density at radius 3 is 2.33 bits per heavy atom. The zero-order valence-corrected chi connectivity index (χ0v) is 12.6. The topological polar surface area (TPSA) is 67.8 Å². The Morgan fingerprint density at radius 2 is 1.76 bits per heavy atom. The Labute approximate surface area is 127 Å². The smallest absolute Gasteiger partial charge is 0.0943 e. The van der Waals surface area contributed by atoms with Crippen LogP contribution in [0.4, 0.5) is 0 Å². The summed E-state index contributed by atoms with van der Waals surface area (Å²) in [5.74, 6) is -0.0775. The van der Waals surface area contributed by atoms with Crippen LogP contribution in [0.25, 0.3) is 0 Å². The van der Waals surface area contributed by atoms with E-state index in [9.17, 15) is 5.11 Å². The molecule has 2 atom stereocenters. The van der Waals surface area contributed by atoms with Crippen molar-refractivity contribution in [3.05, 3.63) is 11.6 Å². The molecule has 112 valence electrons. The average molecular weight is 284 g/mol. The van der Waals surface area contributed by atoms with E-state index < -0.39 is 0 Å². The number of rotatable bonds is 0. The van der Waals surface area contributed by atoms with Gasteiger partial charge in [0.1, 0.15) is 0 Å². The molecule has 4 rings (SSSR count). The molecule has 3 heteroatoms. The molecule has 0 aromatic rings. The molecule has 2 spiro atoms. The lowest BCUT2D eigenvalue weighted by atomic mass is 9.78. The third-order valence-corrected chi connectivity index (χ3v) is 5.94. The SMILES string of the molecule is N#CC1=CCCC2(CC2)C1.N#CC1CC2(CCC1O)CC2. The number of nitrogens with zero attached hydrogens (tertiary/aromatic N) is 2. The van der Waals surface area contributed by atoms with Crippen LogP contribution in [0.1, 0.15) is 64.2 Å². The summed E-state index contributed by atoms with van der Waals surface area (Å²) < 4.78 is 0. The number of hydrogen-bond acceptors (Lipinski definition) is 3. The number of allylic oxidation sites excluding steroid dienone is 2. The molecule has 4 aliphatic carbocycles. The molecule has 1 N–H and O–H groups in total. The Balaban J connectivity index is 0.000000126. The van der Waals surface area contributed by atoms with E-state index in [0.717, 1.165) is 37.7 Å². The minimum absolute atomic E-state index is 0.0775. The van der Waals surface area contributed by atoms with Gasteiger partial charge in [-0.2, -0.15) is 10.5 Å². The molecule has 0 aromatic heterocycles. The van der Waals surface area contributed by atoms with Crippen molar-refractivity contribution in [1.82, 2.24) is 0 Å². The zero-order valence-electron chi connectivity index (χ0n) is 12.6. The molecule has 0 amide bonds. The third kappa shape index (κ3) is 3.30. The molecule has 0 aromatic carbocycles. The van der Waals surface area contributed by atoms with Gasteiger partial charge in [-0.05, 0) is 75.0 Å². The van der Waals surface area contributed by atoms with Crippen molar-refractivity contribution in [2.45, 2.75) is 70.3 Å². The predicted octanol–water partition coefficient (Wildman–Crippen LogP) is 3.85. The first-order chi connectivity index (χ1) is 10.1. The molecule has 3 fully saturated rings. The molecule has 0 saturated heterocycles. The summed E-state index contributed by atoms with van der Waals surface area (Å²) in [5.41, 5.74) is 2.14. The van der Waals surface area contributed by atoms with Crippen molar-refractivity contribution >= 4 is 0 Å². The maximum Gasteiger partial charge on any atom is 0.0943 e. The third-order valence-electron chi connectivity index (χ3n) is 5.94. The van der Waals surface area contributed by atoms with E-state index in [0.29, 0.717) is 10.8 Å². The van der Waals surface area contributed by atoms with E-state index in [1.807, 2.05) is 0 Å². The van der Waals surface area contributed by atoms with Gasteiger partial charge in [0.25, 0.3) is 0 Å². The van der Waals surface area contributed by atoms with Crippen LogP contribution in [0, 0.1) is 39.4 Å². The first-order valence-corrected chi connectivity index (χ1v) is 8.27. The number of hydrogen-bond donors (Lipinski definition) is 1. The molecular weight excluding hydrogens is 260 g/mol. The first kappa shape index (κ1) is 14.6. The zero-order chi connectivity index (χ0) is 14.9. The fourth-order valence-electron chi connectivity index (χ4n) is 3.93. The maximum atomic E-state index is 9.41. The maximum absolute atomic E-state index is 9.41. The average Bonchev–Trinajstić information content (AvgIpc) is 3.43. The Morgan fingerprint density at radius 1 is 1.05 bits per heavy atom. The summed E-state index contributed by atoms with van der Waals surface area (Å²) in [6.07, 6.45) is 13.6. The highest BCUT2D eigenvalue weighted by Crippen LogP contribution is 2.57. The molecule has 0 bridgehead atoms. The molecule has 3 nitrogen and oxygen atoms in total. The van der Waals surface area contributed by atoms with Gasteiger partial charge in [0, 0.05) is 5.57 Å². The predicted molar refractivity (Wildman–Crippen MR) is 79.8 cm³/mol. The molecular formula is C18H24N2O. The minimum atomic E-state index is -0.341. The quantitative estimate of drug-likeness (QED) is 0.734.